The molecule has 1 heterocycles. The Morgan fingerprint density at radius 1 is 1.35 bits per heavy atom. The minimum Gasteiger partial charge on any atom is -0.328 e. The molecule has 1 aliphatic rings. The third-order valence-electron chi connectivity index (χ3n) is 4.13. The molecule has 112 valence electrons. The average molecular weight is 296 g/mol. The predicted octanol–water partition coefficient (Wildman–Crippen LogP) is 2.05. The first-order valence-corrected chi connectivity index (χ1v) is 8.59. The number of nitrogens with two attached hydrogens (primary N) is 1. The monoisotopic (exact) mass is 296 g/mol. The topological polar surface area (TPSA) is 63.4 Å². The summed E-state index contributed by atoms with van der Waals surface area (Å²) in [5, 5.41) is 0. The highest BCUT2D eigenvalue weighted by molar-refractivity contribution is 7.89. The molecule has 0 aromatic heterocycles. The van der Waals surface area contributed by atoms with Crippen LogP contribution in [0.5, 0.6) is 0 Å². The number of piperidine rings is 1. The van der Waals surface area contributed by atoms with Gasteiger partial charge < -0.3 is 5.73 Å². The van der Waals surface area contributed by atoms with Crippen LogP contribution in [-0.4, -0.2) is 31.9 Å². The lowest BCUT2D eigenvalue weighted by molar-refractivity contribution is 0.243. The fraction of sp³-hybridized carbons (Fsp3) is 0.600. The summed E-state index contributed by atoms with van der Waals surface area (Å²) >= 11 is 0. The number of hydrogen-bond donors (Lipinski definition) is 1. The van der Waals surface area contributed by atoms with Crippen LogP contribution in [0.1, 0.15) is 30.9 Å². The fourth-order valence-electron chi connectivity index (χ4n) is 2.75. The first-order valence-electron chi connectivity index (χ1n) is 7.15. The number of benzene rings is 1. The largest absolute Gasteiger partial charge is 0.328 e. The van der Waals surface area contributed by atoms with Gasteiger partial charge in [-0.15, -0.1) is 0 Å². The summed E-state index contributed by atoms with van der Waals surface area (Å²) in [7, 11) is -3.40. The maximum absolute atomic E-state index is 12.8. The highest BCUT2D eigenvalue weighted by Gasteiger charge is 2.32. The van der Waals surface area contributed by atoms with E-state index in [4.69, 9.17) is 5.73 Å². The Hall–Kier alpha value is -0.910. The van der Waals surface area contributed by atoms with Gasteiger partial charge in [-0.3, -0.25) is 0 Å². The first-order chi connectivity index (χ1) is 9.32. The van der Waals surface area contributed by atoms with Gasteiger partial charge in [-0.05, 0) is 56.7 Å². The van der Waals surface area contributed by atoms with Gasteiger partial charge in [0, 0.05) is 19.1 Å². The summed E-state index contributed by atoms with van der Waals surface area (Å²) in [6.07, 6.45) is 1.90. The Morgan fingerprint density at radius 3 is 2.70 bits per heavy atom. The van der Waals surface area contributed by atoms with E-state index in [1.54, 1.807) is 10.4 Å². The van der Waals surface area contributed by atoms with Gasteiger partial charge in [0.25, 0.3) is 0 Å². The van der Waals surface area contributed by atoms with Crippen LogP contribution >= 0.6 is 0 Å². The molecule has 0 amide bonds. The minimum atomic E-state index is -3.40. The molecular weight excluding hydrogens is 272 g/mol. The molecule has 20 heavy (non-hydrogen) atoms. The van der Waals surface area contributed by atoms with E-state index in [1.807, 2.05) is 32.9 Å². The van der Waals surface area contributed by atoms with Gasteiger partial charge in [0.05, 0.1) is 4.90 Å². The van der Waals surface area contributed by atoms with Gasteiger partial charge >= 0.3 is 0 Å². The normalized spacial score (nSPS) is 22.7. The number of rotatable bonds is 3. The summed E-state index contributed by atoms with van der Waals surface area (Å²) in [5.41, 5.74) is 7.72. The molecule has 1 aromatic rings. The van der Waals surface area contributed by atoms with Crippen LogP contribution in [0.2, 0.25) is 0 Å². The Labute approximate surface area is 122 Å². The van der Waals surface area contributed by atoms with Crippen molar-refractivity contribution in [2.45, 2.75) is 44.6 Å². The van der Waals surface area contributed by atoms with Crippen molar-refractivity contribution in [2.75, 3.05) is 13.1 Å². The summed E-state index contributed by atoms with van der Waals surface area (Å²) in [5.74, 6) is 0.253. The molecule has 1 aliphatic heterocycles. The van der Waals surface area contributed by atoms with E-state index >= 15 is 0 Å². The summed E-state index contributed by atoms with van der Waals surface area (Å²) < 4.78 is 27.2. The molecule has 0 spiro atoms. The second kappa shape index (κ2) is 5.84. The Balaban J connectivity index is 2.32. The maximum atomic E-state index is 12.8. The zero-order valence-electron chi connectivity index (χ0n) is 12.5. The average Bonchev–Trinajstić information content (AvgIpc) is 2.41. The molecule has 2 rings (SSSR count). The van der Waals surface area contributed by atoms with E-state index in [9.17, 15) is 8.42 Å². The lowest BCUT2D eigenvalue weighted by Gasteiger charge is -2.34. The molecule has 0 bridgehead atoms. The third kappa shape index (κ3) is 3.05. The van der Waals surface area contributed by atoms with E-state index in [0.717, 1.165) is 24.0 Å². The van der Waals surface area contributed by atoms with Gasteiger partial charge in [0.2, 0.25) is 10.0 Å². The number of hydrogen-bond acceptors (Lipinski definition) is 3. The Morgan fingerprint density at radius 2 is 2.05 bits per heavy atom. The van der Waals surface area contributed by atoms with Gasteiger partial charge in [0.1, 0.15) is 0 Å². The molecule has 1 fully saturated rings. The van der Waals surface area contributed by atoms with Crippen molar-refractivity contribution in [1.29, 1.82) is 0 Å². The standard InChI is InChI=1S/C15H24N2O2S/c1-11-6-7-12(2)15(9-11)20(18,19)17-8-4-5-14(10-17)13(3)16/h6-7,9,13-14H,4-5,8,10,16H2,1-3H3/t13-,14+/m0/s1. The predicted molar refractivity (Wildman–Crippen MR) is 81.0 cm³/mol. The van der Waals surface area contributed by atoms with Crippen molar-refractivity contribution < 1.29 is 8.42 Å². The summed E-state index contributed by atoms with van der Waals surface area (Å²) in [4.78, 5) is 0.433. The SMILES string of the molecule is Cc1ccc(C)c(S(=O)(=O)N2CCC[C@@H]([C@H](C)N)C2)c1. The zero-order valence-corrected chi connectivity index (χ0v) is 13.3. The molecule has 4 nitrogen and oxygen atoms in total. The molecule has 2 N–H and O–H groups in total. The van der Waals surface area contributed by atoms with Crippen molar-refractivity contribution in [3.05, 3.63) is 29.3 Å². The van der Waals surface area contributed by atoms with E-state index in [1.165, 1.54) is 0 Å². The van der Waals surface area contributed by atoms with Crippen LogP contribution in [0.15, 0.2) is 23.1 Å². The lowest BCUT2D eigenvalue weighted by atomic mass is 9.93. The van der Waals surface area contributed by atoms with E-state index in [-0.39, 0.29) is 12.0 Å². The van der Waals surface area contributed by atoms with Gasteiger partial charge in [-0.25, -0.2) is 8.42 Å². The molecule has 1 aromatic carbocycles. The van der Waals surface area contributed by atoms with Crippen LogP contribution in [0.25, 0.3) is 0 Å². The molecule has 0 saturated carbocycles. The summed E-state index contributed by atoms with van der Waals surface area (Å²) in [6.45, 7) is 6.85. The molecule has 0 radical (unpaired) electrons. The second-order valence-electron chi connectivity index (χ2n) is 5.89. The van der Waals surface area contributed by atoms with E-state index < -0.39 is 10.0 Å². The molecule has 5 heteroatoms. The van der Waals surface area contributed by atoms with Crippen LogP contribution in [0, 0.1) is 19.8 Å². The maximum Gasteiger partial charge on any atom is 0.243 e. The van der Waals surface area contributed by atoms with Crippen molar-refractivity contribution >= 4 is 10.0 Å². The smallest absolute Gasteiger partial charge is 0.243 e. The van der Waals surface area contributed by atoms with Crippen LogP contribution in [0.3, 0.4) is 0 Å². The number of aryl methyl sites for hydroxylation is 2. The van der Waals surface area contributed by atoms with Crippen molar-refractivity contribution in [3.63, 3.8) is 0 Å². The molecule has 1 saturated heterocycles. The first kappa shape index (κ1) is 15.5. The Bertz CT molecular complexity index is 582. The zero-order chi connectivity index (χ0) is 14.9. The van der Waals surface area contributed by atoms with Crippen molar-refractivity contribution in [3.8, 4) is 0 Å². The van der Waals surface area contributed by atoms with E-state index in [0.29, 0.717) is 18.0 Å². The van der Waals surface area contributed by atoms with Gasteiger partial charge in [-0.2, -0.15) is 4.31 Å². The highest BCUT2D eigenvalue weighted by Crippen LogP contribution is 2.27. The van der Waals surface area contributed by atoms with Crippen LogP contribution in [-0.2, 0) is 10.0 Å². The third-order valence-corrected chi connectivity index (χ3v) is 6.13. The molecule has 2 atom stereocenters. The highest BCUT2D eigenvalue weighted by atomic mass is 32.2. The van der Waals surface area contributed by atoms with Crippen LogP contribution in [0.4, 0.5) is 0 Å². The number of nitrogens with zero attached hydrogens (tertiary/aromatic N) is 1. The second-order valence-corrected chi connectivity index (χ2v) is 7.80. The molecular formula is C15H24N2O2S. The molecule has 0 unspecified atom stereocenters. The van der Waals surface area contributed by atoms with E-state index in [2.05, 4.69) is 0 Å². The molecule has 0 aliphatic carbocycles. The van der Waals surface area contributed by atoms with Gasteiger partial charge in [0.15, 0.2) is 0 Å². The van der Waals surface area contributed by atoms with Crippen LogP contribution < -0.4 is 5.73 Å². The minimum absolute atomic E-state index is 0.0339. The van der Waals surface area contributed by atoms with Crippen molar-refractivity contribution in [2.24, 2.45) is 11.7 Å². The summed E-state index contributed by atoms with van der Waals surface area (Å²) in [6, 6.07) is 5.61. The van der Waals surface area contributed by atoms with Crippen molar-refractivity contribution in [1.82, 2.24) is 4.31 Å². The fourth-order valence-corrected chi connectivity index (χ4v) is 4.59. The number of sulfonamides is 1. The van der Waals surface area contributed by atoms with Gasteiger partial charge in [-0.1, -0.05) is 12.1 Å². The quantitative estimate of drug-likeness (QED) is 0.928. The lowest BCUT2D eigenvalue weighted by Crippen LogP contribution is -2.45. The Kier molecular flexibility index (Phi) is 4.52.